The Labute approximate surface area is 155 Å². The van der Waals surface area contributed by atoms with Gasteiger partial charge in [0.15, 0.2) is 11.5 Å². The van der Waals surface area contributed by atoms with E-state index in [0.717, 1.165) is 31.7 Å². The number of benzene rings is 1. The molecule has 0 amide bonds. The van der Waals surface area contributed by atoms with Crippen LogP contribution in [0, 0.1) is 5.92 Å². The van der Waals surface area contributed by atoms with Gasteiger partial charge in [-0.3, -0.25) is 9.69 Å². The number of phenolic OH excluding ortho intramolecular Hbond substituents is 1. The maximum absolute atomic E-state index is 11.0. The van der Waals surface area contributed by atoms with Gasteiger partial charge in [-0.15, -0.1) is 24.8 Å². The fourth-order valence-corrected chi connectivity index (χ4v) is 3.46. The Morgan fingerprint density at radius 3 is 2.46 bits per heavy atom. The number of halogens is 2. The van der Waals surface area contributed by atoms with Gasteiger partial charge >= 0.3 is 5.97 Å². The van der Waals surface area contributed by atoms with Crippen molar-refractivity contribution in [2.45, 2.75) is 32.2 Å². The van der Waals surface area contributed by atoms with Crippen LogP contribution in [0.1, 0.15) is 37.8 Å². The van der Waals surface area contributed by atoms with Gasteiger partial charge in [-0.05, 0) is 36.5 Å². The lowest BCUT2D eigenvalue weighted by molar-refractivity contribution is -0.132. The largest absolute Gasteiger partial charge is 0.504 e. The minimum absolute atomic E-state index is 0. The van der Waals surface area contributed by atoms with Gasteiger partial charge in [-0.25, -0.2) is 0 Å². The number of nitrogens with one attached hydrogen (secondary N) is 1. The van der Waals surface area contributed by atoms with Crippen molar-refractivity contribution in [1.29, 1.82) is 0 Å². The van der Waals surface area contributed by atoms with E-state index in [1.165, 1.54) is 26.2 Å². The van der Waals surface area contributed by atoms with Crippen LogP contribution in [0.2, 0.25) is 0 Å². The number of hydrogen-bond donors (Lipinski definition) is 2. The second-order valence-electron chi connectivity index (χ2n) is 6.24. The van der Waals surface area contributed by atoms with E-state index in [-0.39, 0.29) is 36.3 Å². The van der Waals surface area contributed by atoms with Gasteiger partial charge in [0.25, 0.3) is 0 Å². The van der Waals surface area contributed by atoms with E-state index in [2.05, 4.69) is 10.2 Å². The van der Waals surface area contributed by atoms with E-state index in [4.69, 9.17) is 4.74 Å². The maximum Gasteiger partial charge on any atom is 0.308 e. The summed E-state index contributed by atoms with van der Waals surface area (Å²) in [5, 5.41) is 13.5. The number of esters is 1. The third kappa shape index (κ3) is 4.76. The zero-order valence-corrected chi connectivity index (χ0v) is 15.5. The van der Waals surface area contributed by atoms with E-state index < -0.39 is 5.97 Å². The predicted molar refractivity (Wildman–Crippen MR) is 98.4 cm³/mol. The number of carbonyl (C=O) groups excluding carboxylic acids is 1. The maximum atomic E-state index is 11.0. The van der Waals surface area contributed by atoms with Gasteiger partial charge in [0.05, 0.1) is 0 Å². The van der Waals surface area contributed by atoms with Crippen molar-refractivity contribution in [3.05, 3.63) is 23.8 Å². The Balaban J connectivity index is 0.00000144. The average molecular weight is 377 g/mol. The van der Waals surface area contributed by atoms with E-state index >= 15 is 0 Å². The summed E-state index contributed by atoms with van der Waals surface area (Å²) in [6, 6.07) is 5.82. The van der Waals surface area contributed by atoms with Crippen LogP contribution >= 0.6 is 24.8 Å². The molecule has 0 aromatic heterocycles. The highest BCUT2D eigenvalue weighted by molar-refractivity contribution is 5.85. The van der Waals surface area contributed by atoms with Gasteiger partial charge in [0.1, 0.15) is 0 Å². The summed E-state index contributed by atoms with van der Waals surface area (Å²) in [4.78, 5) is 13.6. The highest BCUT2D eigenvalue weighted by Crippen LogP contribution is 2.43. The summed E-state index contributed by atoms with van der Waals surface area (Å²) in [7, 11) is 0. The van der Waals surface area contributed by atoms with E-state index in [0.29, 0.717) is 12.0 Å². The van der Waals surface area contributed by atoms with Crippen LogP contribution < -0.4 is 10.1 Å². The molecule has 136 valence electrons. The molecule has 2 fully saturated rings. The number of rotatable bonds is 4. The Kier molecular flexibility index (Phi) is 8.30. The lowest BCUT2D eigenvalue weighted by Gasteiger charge is -2.43. The van der Waals surface area contributed by atoms with E-state index in [1.807, 2.05) is 6.07 Å². The highest BCUT2D eigenvalue weighted by atomic mass is 35.5. The minimum atomic E-state index is -0.416. The molecule has 2 aliphatic rings. The number of phenols is 1. The molecule has 1 aromatic rings. The van der Waals surface area contributed by atoms with Crippen molar-refractivity contribution in [3.8, 4) is 11.5 Å². The molecule has 0 unspecified atom stereocenters. The molecule has 5 nitrogen and oxygen atoms in total. The van der Waals surface area contributed by atoms with Crippen molar-refractivity contribution >= 4 is 30.8 Å². The molecule has 1 heterocycles. The molecule has 0 radical (unpaired) electrons. The molecule has 3 rings (SSSR count). The molecule has 0 spiro atoms. The molecule has 1 atom stereocenters. The lowest BCUT2D eigenvalue weighted by atomic mass is 9.76. The zero-order valence-electron chi connectivity index (χ0n) is 13.9. The molecule has 0 bridgehead atoms. The lowest BCUT2D eigenvalue weighted by Crippen LogP contribution is -2.47. The molecule has 1 saturated heterocycles. The Morgan fingerprint density at radius 1 is 1.29 bits per heavy atom. The van der Waals surface area contributed by atoms with Crippen LogP contribution in [0.15, 0.2) is 18.2 Å². The second kappa shape index (κ2) is 9.47. The average Bonchev–Trinajstić information content (AvgIpc) is 2.45. The van der Waals surface area contributed by atoms with Crippen molar-refractivity contribution < 1.29 is 14.6 Å². The fraction of sp³-hybridized carbons (Fsp3) is 0.588. The van der Waals surface area contributed by atoms with Crippen molar-refractivity contribution in [3.63, 3.8) is 0 Å². The van der Waals surface area contributed by atoms with Crippen LogP contribution in [-0.2, 0) is 4.79 Å². The first kappa shape index (κ1) is 21.0. The first-order valence-corrected chi connectivity index (χ1v) is 8.11. The second-order valence-corrected chi connectivity index (χ2v) is 6.24. The van der Waals surface area contributed by atoms with E-state index in [9.17, 15) is 9.90 Å². The predicted octanol–water partition coefficient (Wildman–Crippen LogP) is 2.91. The van der Waals surface area contributed by atoms with Gasteiger partial charge in [-0.2, -0.15) is 0 Å². The van der Waals surface area contributed by atoms with E-state index in [1.54, 1.807) is 12.1 Å². The Hall–Kier alpha value is -1.01. The zero-order chi connectivity index (χ0) is 15.5. The van der Waals surface area contributed by atoms with Gasteiger partial charge in [0.2, 0.25) is 0 Å². The number of ether oxygens (including phenoxy) is 1. The summed E-state index contributed by atoms with van der Waals surface area (Å²) in [5.74, 6) is 0.536. The topological polar surface area (TPSA) is 61.8 Å². The molecule has 1 aliphatic heterocycles. The number of carbonyl (C=O) groups is 1. The van der Waals surface area contributed by atoms with Crippen molar-refractivity contribution in [1.82, 2.24) is 10.2 Å². The normalized spacial score (nSPS) is 19.4. The van der Waals surface area contributed by atoms with Crippen molar-refractivity contribution in [2.75, 3.05) is 26.2 Å². The number of piperazine rings is 1. The summed E-state index contributed by atoms with van der Waals surface area (Å²) in [5.41, 5.74) is 1.13. The molecular weight excluding hydrogens is 351 g/mol. The first-order chi connectivity index (χ1) is 10.6. The quantitative estimate of drug-likeness (QED) is 0.624. The Bertz CT molecular complexity index is 547. The Morgan fingerprint density at radius 2 is 1.96 bits per heavy atom. The molecule has 24 heavy (non-hydrogen) atoms. The SMILES string of the molecule is CC(=O)Oc1ccc([C@@H](C2CCC2)N2CCNCC2)cc1O.Cl.Cl. The molecule has 7 heteroatoms. The number of aromatic hydroxyl groups is 1. The number of hydrogen-bond acceptors (Lipinski definition) is 5. The van der Waals surface area contributed by atoms with Gasteiger partial charge < -0.3 is 15.2 Å². The smallest absolute Gasteiger partial charge is 0.308 e. The minimum Gasteiger partial charge on any atom is -0.504 e. The van der Waals surface area contributed by atoms with Crippen LogP contribution in [0.4, 0.5) is 0 Å². The van der Waals surface area contributed by atoms with Crippen LogP contribution in [0.3, 0.4) is 0 Å². The van der Waals surface area contributed by atoms with Crippen LogP contribution in [0.25, 0.3) is 0 Å². The molecular formula is C17H26Cl2N2O3. The van der Waals surface area contributed by atoms with Gasteiger partial charge in [-0.1, -0.05) is 12.5 Å². The molecule has 2 N–H and O–H groups in total. The molecule has 1 saturated carbocycles. The number of nitrogens with zero attached hydrogens (tertiary/aromatic N) is 1. The molecule has 1 aliphatic carbocycles. The fourth-order valence-electron chi connectivity index (χ4n) is 3.46. The first-order valence-electron chi connectivity index (χ1n) is 8.11. The molecule has 1 aromatic carbocycles. The summed E-state index contributed by atoms with van der Waals surface area (Å²) in [6.07, 6.45) is 3.80. The third-order valence-corrected chi connectivity index (χ3v) is 4.72. The van der Waals surface area contributed by atoms with Gasteiger partial charge in [0, 0.05) is 39.1 Å². The monoisotopic (exact) mass is 376 g/mol. The third-order valence-electron chi connectivity index (χ3n) is 4.72. The van der Waals surface area contributed by atoms with Crippen LogP contribution in [0.5, 0.6) is 11.5 Å². The summed E-state index contributed by atoms with van der Waals surface area (Å²) < 4.78 is 5.01. The van der Waals surface area contributed by atoms with Crippen LogP contribution in [-0.4, -0.2) is 42.2 Å². The highest BCUT2D eigenvalue weighted by Gasteiger charge is 2.33. The summed E-state index contributed by atoms with van der Waals surface area (Å²) >= 11 is 0. The standard InChI is InChI=1S/C17H24N2O3.2ClH/c1-12(20)22-16-6-5-14(11-15(16)21)17(13-3-2-4-13)19-9-7-18-8-10-19;;/h5-6,11,13,17-18,21H,2-4,7-10H2,1H3;2*1H/t17-;;/m1../s1. The summed E-state index contributed by atoms with van der Waals surface area (Å²) in [6.45, 7) is 5.44. The van der Waals surface area contributed by atoms with Crippen molar-refractivity contribution in [2.24, 2.45) is 5.92 Å².